The van der Waals surface area contributed by atoms with Gasteiger partial charge >= 0.3 is 0 Å². The van der Waals surface area contributed by atoms with Crippen molar-refractivity contribution in [3.8, 4) is 0 Å². The van der Waals surface area contributed by atoms with E-state index in [1.165, 1.54) is 6.08 Å². The molecule has 4 heteroatoms. The molecule has 0 radical (unpaired) electrons. The molecule has 2 rings (SSSR count). The molecule has 0 fully saturated rings. The second kappa shape index (κ2) is 3.88. The summed E-state index contributed by atoms with van der Waals surface area (Å²) in [6.07, 6.45) is 5.24. The van der Waals surface area contributed by atoms with E-state index >= 15 is 0 Å². The van der Waals surface area contributed by atoms with Gasteiger partial charge in [0.1, 0.15) is 0 Å². The Kier molecular flexibility index (Phi) is 2.58. The number of rotatable bonds is 2. The molecule has 0 bridgehead atoms. The third-order valence-electron chi connectivity index (χ3n) is 2.67. The molecule has 1 aromatic rings. The van der Waals surface area contributed by atoms with Crippen LogP contribution in [0, 0.1) is 0 Å². The zero-order valence-electron chi connectivity index (χ0n) is 8.94. The van der Waals surface area contributed by atoms with E-state index in [0.29, 0.717) is 0 Å². The van der Waals surface area contributed by atoms with Crippen LogP contribution in [0.4, 0.5) is 5.69 Å². The summed E-state index contributed by atoms with van der Waals surface area (Å²) >= 11 is 0. The third kappa shape index (κ3) is 1.67. The topological polar surface area (TPSA) is 38.1 Å². The van der Waals surface area contributed by atoms with Crippen LogP contribution in [0.3, 0.4) is 0 Å². The van der Waals surface area contributed by atoms with E-state index in [1.807, 2.05) is 17.8 Å². The van der Waals surface area contributed by atoms with Crippen LogP contribution in [0.2, 0.25) is 0 Å². The van der Waals surface area contributed by atoms with E-state index in [-0.39, 0.29) is 5.91 Å². The van der Waals surface area contributed by atoms with Crippen molar-refractivity contribution < 1.29 is 4.79 Å². The molecule has 0 aliphatic carbocycles. The Bertz CT molecular complexity index is 395. The normalized spacial score (nSPS) is 14.9. The van der Waals surface area contributed by atoms with Gasteiger partial charge < -0.3 is 4.90 Å². The first-order valence-corrected chi connectivity index (χ1v) is 5.26. The lowest BCUT2D eigenvalue weighted by molar-refractivity contribution is -0.114. The first-order chi connectivity index (χ1) is 7.26. The summed E-state index contributed by atoms with van der Waals surface area (Å²) in [4.78, 5) is 13.4. The van der Waals surface area contributed by atoms with Crippen LogP contribution in [0.1, 0.15) is 19.0 Å². The monoisotopic (exact) mass is 205 g/mol. The lowest BCUT2D eigenvalue weighted by Crippen LogP contribution is -2.33. The van der Waals surface area contributed by atoms with Crippen LogP contribution in [0.5, 0.6) is 0 Å². The molecular formula is C11H15N3O. The molecule has 0 atom stereocenters. The smallest absolute Gasteiger partial charge is 0.250 e. The SMILES string of the molecule is C=CC(=O)N1CCCc2nn(CC)cc21. The predicted molar refractivity (Wildman–Crippen MR) is 58.8 cm³/mol. The highest BCUT2D eigenvalue weighted by Gasteiger charge is 2.23. The second-order valence-electron chi connectivity index (χ2n) is 3.61. The minimum absolute atomic E-state index is 0.0356. The Morgan fingerprint density at radius 1 is 1.73 bits per heavy atom. The van der Waals surface area contributed by atoms with Gasteiger partial charge in [0.2, 0.25) is 5.91 Å². The summed E-state index contributed by atoms with van der Waals surface area (Å²) in [5.74, 6) is -0.0356. The zero-order valence-corrected chi connectivity index (χ0v) is 8.94. The summed E-state index contributed by atoms with van der Waals surface area (Å²) < 4.78 is 1.87. The van der Waals surface area contributed by atoms with Crippen molar-refractivity contribution in [1.29, 1.82) is 0 Å². The highest BCUT2D eigenvalue weighted by atomic mass is 16.2. The third-order valence-corrected chi connectivity index (χ3v) is 2.67. The van der Waals surface area contributed by atoms with Gasteiger partial charge in [-0.15, -0.1) is 0 Å². The largest absolute Gasteiger partial charge is 0.306 e. The number of carbonyl (C=O) groups excluding carboxylic acids is 1. The molecule has 1 aliphatic rings. The Labute approximate surface area is 89.2 Å². The molecular weight excluding hydrogens is 190 g/mol. The van der Waals surface area contributed by atoms with Crippen LogP contribution >= 0.6 is 0 Å². The molecule has 0 saturated carbocycles. The number of hydrogen-bond donors (Lipinski definition) is 0. The Balaban J connectivity index is 2.36. The van der Waals surface area contributed by atoms with Gasteiger partial charge in [-0.05, 0) is 25.8 Å². The van der Waals surface area contributed by atoms with Gasteiger partial charge in [-0.3, -0.25) is 9.48 Å². The van der Waals surface area contributed by atoms with Gasteiger partial charge in [0, 0.05) is 19.3 Å². The zero-order chi connectivity index (χ0) is 10.8. The van der Waals surface area contributed by atoms with Crippen LogP contribution in [-0.2, 0) is 17.8 Å². The van der Waals surface area contributed by atoms with Crippen molar-refractivity contribution in [2.45, 2.75) is 26.3 Å². The van der Waals surface area contributed by atoms with E-state index in [9.17, 15) is 4.79 Å². The fourth-order valence-corrected chi connectivity index (χ4v) is 1.88. The van der Waals surface area contributed by atoms with Crippen LogP contribution in [0.25, 0.3) is 0 Å². The second-order valence-corrected chi connectivity index (χ2v) is 3.61. The highest BCUT2D eigenvalue weighted by Crippen LogP contribution is 2.25. The van der Waals surface area contributed by atoms with Crippen molar-refractivity contribution in [2.75, 3.05) is 11.4 Å². The molecule has 0 unspecified atom stereocenters. The van der Waals surface area contributed by atoms with Crippen molar-refractivity contribution in [3.63, 3.8) is 0 Å². The molecule has 0 aromatic carbocycles. The van der Waals surface area contributed by atoms with Crippen molar-refractivity contribution in [3.05, 3.63) is 24.5 Å². The molecule has 0 saturated heterocycles. The number of aryl methyl sites for hydroxylation is 2. The number of carbonyl (C=O) groups is 1. The number of fused-ring (bicyclic) bond motifs is 1. The van der Waals surface area contributed by atoms with Gasteiger partial charge in [-0.2, -0.15) is 5.10 Å². The molecule has 0 N–H and O–H groups in total. The average Bonchev–Trinajstić information content (AvgIpc) is 2.70. The minimum atomic E-state index is -0.0356. The number of anilines is 1. The van der Waals surface area contributed by atoms with Crippen LogP contribution < -0.4 is 4.90 Å². The number of aromatic nitrogens is 2. The molecule has 1 aliphatic heterocycles. The average molecular weight is 205 g/mol. The predicted octanol–water partition coefficient (Wildman–Crippen LogP) is 1.37. The molecule has 0 spiro atoms. The van der Waals surface area contributed by atoms with E-state index in [2.05, 4.69) is 11.7 Å². The fraction of sp³-hybridized carbons (Fsp3) is 0.455. The van der Waals surface area contributed by atoms with Crippen molar-refractivity contribution in [2.24, 2.45) is 0 Å². The van der Waals surface area contributed by atoms with E-state index < -0.39 is 0 Å². The summed E-state index contributed by atoms with van der Waals surface area (Å²) in [5.41, 5.74) is 1.98. The van der Waals surface area contributed by atoms with Gasteiger partial charge in [-0.25, -0.2) is 0 Å². The van der Waals surface area contributed by atoms with E-state index in [4.69, 9.17) is 0 Å². The maximum atomic E-state index is 11.6. The Morgan fingerprint density at radius 3 is 3.20 bits per heavy atom. The lowest BCUT2D eigenvalue weighted by Gasteiger charge is -2.24. The Morgan fingerprint density at radius 2 is 2.53 bits per heavy atom. The summed E-state index contributed by atoms with van der Waals surface area (Å²) in [5, 5.41) is 4.42. The summed E-state index contributed by atoms with van der Waals surface area (Å²) in [7, 11) is 0. The molecule has 1 amide bonds. The van der Waals surface area contributed by atoms with Crippen LogP contribution in [-0.4, -0.2) is 22.2 Å². The van der Waals surface area contributed by atoms with E-state index in [1.54, 1.807) is 4.90 Å². The van der Waals surface area contributed by atoms with Gasteiger partial charge in [-0.1, -0.05) is 6.58 Å². The maximum absolute atomic E-state index is 11.6. The molecule has 80 valence electrons. The molecule has 2 heterocycles. The number of nitrogens with zero attached hydrogens (tertiary/aromatic N) is 3. The maximum Gasteiger partial charge on any atom is 0.250 e. The van der Waals surface area contributed by atoms with Gasteiger partial charge in [0.25, 0.3) is 0 Å². The van der Waals surface area contributed by atoms with Crippen molar-refractivity contribution in [1.82, 2.24) is 9.78 Å². The van der Waals surface area contributed by atoms with Gasteiger partial charge in [0.05, 0.1) is 11.4 Å². The number of amides is 1. The minimum Gasteiger partial charge on any atom is -0.306 e. The first kappa shape index (κ1) is 9.96. The lowest BCUT2D eigenvalue weighted by atomic mass is 10.1. The van der Waals surface area contributed by atoms with Gasteiger partial charge in [0.15, 0.2) is 0 Å². The van der Waals surface area contributed by atoms with Crippen LogP contribution in [0.15, 0.2) is 18.9 Å². The van der Waals surface area contributed by atoms with E-state index in [0.717, 1.165) is 37.3 Å². The fourth-order valence-electron chi connectivity index (χ4n) is 1.88. The Hall–Kier alpha value is -1.58. The summed E-state index contributed by atoms with van der Waals surface area (Å²) in [6.45, 7) is 7.16. The number of hydrogen-bond acceptors (Lipinski definition) is 2. The highest BCUT2D eigenvalue weighted by molar-refractivity contribution is 6.01. The molecule has 15 heavy (non-hydrogen) atoms. The standard InChI is InChI=1S/C11H15N3O/c1-3-11(15)14-7-5-6-9-10(14)8-13(4-2)12-9/h3,8H,1,4-7H2,2H3. The molecule has 1 aromatic heterocycles. The molecule has 4 nitrogen and oxygen atoms in total. The quantitative estimate of drug-likeness (QED) is 0.684. The van der Waals surface area contributed by atoms with Crippen molar-refractivity contribution >= 4 is 11.6 Å². The first-order valence-electron chi connectivity index (χ1n) is 5.26. The summed E-state index contributed by atoms with van der Waals surface area (Å²) in [6, 6.07) is 0.